The fraction of sp³-hybridized carbons (Fsp3) is 0.529. The Morgan fingerprint density at radius 1 is 1.16 bits per heavy atom. The number of benzene rings is 1. The average Bonchev–Trinajstić information content (AvgIpc) is 2.91. The van der Waals surface area contributed by atoms with Crippen LogP contribution in [-0.2, 0) is 10.8 Å². The molecule has 0 aliphatic heterocycles. The fourth-order valence-electron chi connectivity index (χ4n) is 2.72. The maximum atomic E-state index is 12.6. The second-order valence-electron chi connectivity index (χ2n) is 6.43. The molecule has 0 saturated heterocycles. The molecule has 5 nitrogen and oxygen atoms in total. The van der Waals surface area contributed by atoms with Crippen LogP contribution in [-0.4, -0.2) is 48.3 Å². The molecule has 0 bridgehead atoms. The van der Waals surface area contributed by atoms with Gasteiger partial charge in [-0.1, -0.05) is 23.2 Å². The molecule has 2 aromatic rings. The van der Waals surface area contributed by atoms with E-state index in [9.17, 15) is 4.21 Å². The monoisotopic (exact) mass is 402 g/mol. The van der Waals surface area contributed by atoms with Crippen LogP contribution < -0.4 is 0 Å². The van der Waals surface area contributed by atoms with Crippen LogP contribution in [0.25, 0.3) is 5.69 Å². The maximum Gasteiger partial charge on any atom is 0.239 e. The quantitative estimate of drug-likeness (QED) is 0.698. The predicted molar refractivity (Wildman–Crippen MR) is 104 cm³/mol. The van der Waals surface area contributed by atoms with E-state index >= 15 is 0 Å². The molecule has 1 unspecified atom stereocenters. The summed E-state index contributed by atoms with van der Waals surface area (Å²) in [6.45, 7) is 11.1. The second-order valence-corrected chi connectivity index (χ2v) is 8.71. The van der Waals surface area contributed by atoms with Crippen LogP contribution in [0.1, 0.15) is 33.5 Å². The minimum atomic E-state index is -1.25. The number of aryl methyl sites for hydroxylation is 1. The molecule has 138 valence electrons. The normalized spacial score (nSPS) is 13.2. The van der Waals surface area contributed by atoms with E-state index in [0.717, 1.165) is 12.2 Å². The van der Waals surface area contributed by atoms with Gasteiger partial charge in [-0.05, 0) is 52.8 Å². The number of halogens is 2. The Morgan fingerprint density at radius 3 is 2.36 bits per heavy atom. The lowest BCUT2D eigenvalue weighted by Crippen LogP contribution is -2.39. The van der Waals surface area contributed by atoms with E-state index in [1.54, 1.807) is 16.8 Å². The lowest BCUT2D eigenvalue weighted by molar-refractivity contribution is 0.187. The molecule has 1 atom stereocenters. The highest BCUT2D eigenvalue weighted by Gasteiger charge is 2.18. The first kappa shape index (κ1) is 20.4. The summed E-state index contributed by atoms with van der Waals surface area (Å²) >= 11 is 12.0. The van der Waals surface area contributed by atoms with Crippen molar-refractivity contribution in [3.63, 3.8) is 0 Å². The molecule has 25 heavy (non-hydrogen) atoms. The molecule has 8 heteroatoms. The van der Waals surface area contributed by atoms with Crippen molar-refractivity contribution in [3.8, 4) is 5.69 Å². The van der Waals surface area contributed by atoms with Gasteiger partial charge in [-0.25, -0.2) is 9.67 Å². The third-order valence-corrected chi connectivity index (χ3v) is 5.83. The summed E-state index contributed by atoms with van der Waals surface area (Å²) in [5.41, 5.74) is 0.744. The number of hydrogen-bond donors (Lipinski definition) is 0. The molecule has 0 amide bonds. The number of hydrogen-bond acceptors (Lipinski definition) is 4. The van der Waals surface area contributed by atoms with Crippen molar-refractivity contribution < 1.29 is 4.21 Å². The topological polar surface area (TPSA) is 51.0 Å². The second kappa shape index (κ2) is 8.62. The van der Waals surface area contributed by atoms with Crippen LogP contribution in [0.2, 0.25) is 10.0 Å². The lowest BCUT2D eigenvalue weighted by Gasteiger charge is -2.29. The van der Waals surface area contributed by atoms with Crippen molar-refractivity contribution in [1.29, 1.82) is 0 Å². The SMILES string of the molecule is Cc1nc(S(=O)CCN(C(C)C)C(C)C)nn1-c1ccc(Cl)c(Cl)c1. The van der Waals surface area contributed by atoms with Crippen LogP contribution in [0.5, 0.6) is 0 Å². The minimum absolute atomic E-state index is 0.344. The van der Waals surface area contributed by atoms with Gasteiger partial charge in [-0.2, -0.15) is 0 Å². The molecule has 0 spiro atoms. The first-order valence-corrected chi connectivity index (χ1v) is 10.3. The van der Waals surface area contributed by atoms with Crippen LogP contribution in [0.15, 0.2) is 23.4 Å². The summed E-state index contributed by atoms with van der Waals surface area (Å²) in [4.78, 5) is 6.67. The molecule has 0 saturated carbocycles. The Labute approximate surface area is 161 Å². The molecular weight excluding hydrogens is 379 g/mol. The van der Waals surface area contributed by atoms with Crippen LogP contribution >= 0.6 is 23.2 Å². The average molecular weight is 403 g/mol. The van der Waals surface area contributed by atoms with Gasteiger partial charge in [0.15, 0.2) is 0 Å². The van der Waals surface area contributed by atoms with Crippen LogP contribution in [0.3, 0.4) is 0 Å². The van der Waals surface area contributed by atoms with Gasteiger partial charge in [0.25, 0.3) is 0 Å². The van der Waals surface area contributed by atoms with Gasteiger partial charge in [0, 0.05) is 24.4 Å². The molecular formula is C17H24Cl2N4OS. The van der Waals surface area contributed by atoms with Crippen molar-refractivity contribution in [2.24, 2.45) is 0 Å². The Bertz CT molecular complexity index is 753. The lowest BCUT2D eigenvalue weighted by atomic mass is 10.2. The molecule has 0 radical (unpaired) electrons. The molecule has 1 aromatic carbocycles. The van der Waals surface area contributed by atoms with Crippen molar-refractivity contribution >= 4 is 34.0 Å². The zero-order valence-corrected chi connectivity index (χ0v) is 17.5. The van der Waals surface area contributed by atoms with E-state index in [0.29, 0.717) is 38.9 Å². The van der Waals surface area contributed by atoms with Gasteiger partial charge in [0.05, 0.1) is 26.5 Å². The van der Waals surface area contributed by atoms with Crippen LogP contribution in [0, 0.1) is 6.92 Å². The molecule has 0 fully saturated rings. The summed E-state index contributed by atoms with van der Waals surface area (Å²) < 4.78 is 14.2. The maximum absolute atomic E-state index is 12.6. The van der Waals surface area contributed by atoms with E-state index in [1.165, 1.54) is 0 Å². The van der Waals surface area contributed by atoms with Gasteiger partial charge in [-0.3, -0.25) is 9.11 Å². The van der Waals surface area contributed by atoms with Crippen molar-refractivity contribution in [2.75, 3.05) is 12.3 Å². The zero-order valence-electron chi connectivity index (χ0n) is 15.2. The van der Waals surface area contributed by atoms with Gasteiger partial charge in [0.2, 0.25) is 5.16 Å². The largest absolute Gasteiger partial charge is 0.298 e. The van der Waals surface area contributed by atoms with Crippen molar-refractivity contribution in [1.82, 2.24) is 19.7 Å². The molecule has 1 heterocycles. The third-order valence-electron chi connectivity index (χ3n) is 3.96. The van der Waals surface area contributed by atoms with Gasteiger partial charge in [0.1, 0.15) is 5.82 Å². The summed E-state index contributed by atoms with van der Waals surface area (Å²) in [5, 5.41) is 5.67. The fourth-order valence-corrected chi connectivity index (χ4v) is 3.97. The molecule has 2 rings (SSSR count). The number of nitrogens with zero attached hydrogens (tertiary/aromatic N) is 4. The van der Waals surface area contributed by atoms with Crippen molar-refractivity contribution in [2.45, 2.75) is 51.9 Å². The summed E-state index contributed by atoms with van der Waals surface area (Å²) in [5.74, 6) is 1.16. The Balaban J connectivity index is 2.16. The molecule has 0 aliphatic rings. The van der Waals surface area contributed by atoms with Gasteiger partial charge >= 0.3 is 0 Å². The minimum Gasteiger partial charge on any atom is -0.298 e. The molecule has 0 aliphatic carbocycles. The standard InChI is InChI=1S/C17H24Cl2N4OS/c1-11(2)22(12(3)4)8-9-25(24)17-20-13(5)23(21-17)14-6-7-15(18)16(19)10-14/h6-7,10-12H,8-9H2,1-5H3. The molecule has 0 N–H and O–H groups in total. The third kappa shape index (κ3) is 5.03. The van der Waals surface area contributed by atoms with Crippen LogP contribution in [0.4, 0.5) is 0 Å². The predicted octanol–water partition coefficient (Wildman–Crippen LogP) is 4.11. The first-order chi connectivity index (χ1) is 11.7. The van der Waals surface area contributed by atoms with E-state index in [-0.39, 0.29) is 0 Å². The highest BCUT2D eigenvalue weighted by molar-refractivity contribution is 7.84. The molecule has 1 aromatic heterocycles. The summed E-state index contributed by atoms with van der Waals surface area (Å²) in [6.07, 6.45) is 0. The Kier molecular flexibility index (Phi) is 7.02. The highest BCUT2D eigenvalue weighted by Crippen LogP contribution is 2.24. The highest BCUT2D eigenvalue weighted by atomic mass is 35.5. The van der Waals surface area contributed by atoms with E-state index in [2.05, 4.69) is 42.7 Å². The van der Waals surface area contributed by atoms with E-state index in [4.69, 9.17) is 23.2 Å². The smallest absolute Gasteiger partial charge is 0.239 e. The first-order valence-electron chi connectivity index (χ1n) is 8.24. The van der Waals surface area contributed by atoms with E-state index < -0.39 is 10.8 Å². The van der Waals surface area contributed by atoms with Gasteiger partial charge < -0.3 is 0 Å². The van der Waals surface area contributed by atoms with Crippen molar-refractivity contribution in [3.05, 3.63) is 34.1 Å². The van der Waals surface area contributed by atoms with E-state index in [1.807, 2.05) is 13.0 Å². The van der Waals surface area contributed by atoms with Gasteiger partial charge in [-0.15, -0.1) is 5.10 Å². The number of rotatable bonds is 7. The zero-order chi connectivity index (χ0) is 18.7. The number of aromatic nitrogens is 3. The Hall–Kier alpha value is -0.950. The summed E-state index contributed by atoms with van der Waals surface area (Å²) in [6, 6.07) is 6.04. The summed E-state index contributed by atoms with van der Waals surface area (Å²) in [7, 11) is -1.25. The Morgan fingerprint density at radius 2 is 1.80 bits per heavy atom.